The van der Waals surface area contributed by atoms with Crippen molar-refractivity contribution in [2.24, 2.45) is 0 Å². The van der Waals surface area contributed by atoms with Crippen LogP contribution in [0.4, 0.5) is 8.78 Å². The fraction of sp³-hybridized carbons (Fsp3) is 0.273. The van der Waals surface area contributed by atoms with Gasteiger partial charge in [-0.2, -0.15) is 8.78 Å². The van der Waals surface area contributed by atoms with Crippen LogP contribution in [0.5, 0.6) is 0 Å². The maximum Gasteiger partial charge on any atom is 0.348 e. The summed E-state index contributed by atoms with van der Waals surface area (Å²) in [7, 11) is 7.98. The maximum absolute atomic E-state index is 15.1. The molecule has 2 heterocycles. The molecule has 2 aliphatic heterocycles. The number of carbonyl (C=O) groups excluding carboxylic acids is 4. The first kappa shape index (κ1) is 27.0. The van der Waals surface area contributed by atoms with Gasteiger partial charge in [0.15, 0.2) is 0 Å². The predicted octanol–water partition coefficient (Wildman–Crippen LogP) is -2.36. The molecule has 1 unspecified atom stereocenters. The summed E-state index contributed by atoms with van der Waals surface area (Å²) in [6.45, 7) is 0.110. The summed E-state index contributed by atoms with van der Waals surface area (Å²) < 4.78 is 30.2. The number of fused-ring (bicyclic) bond motifs is 1. The Hall–Kier alpha value is -3.01. The molecular formula is C22H23B5ClF2N3O4. The molecule has 2 atom stereocenters. The molecule has 2 aromatic carbocycles. The number of carbonyl (C=O) groups is 4. The van der Waals surface area contributed by atoms with Gasteiger partial charge in [-0.3, -0.25) is 24.5 Å². The third-order valence-corrected chi connectivity index (χ3v) is 8.21. The zero-order valence-corrected chi connectivity index (χ0v) is 22.0. The summed E-state index contributed by atoms with van der Waals surface area (Å²) >= 11 is 5.80. The lowest BCUT2D eigenvalue weighted by atomic mass is 9.55. The molecule has 7 nitrogen and oxygen atoms in total. The minimum Gasteiger partial charge on any atom is -0.393 e. The van der Waals surface area contributed by atoms with Gasteiger partial charge in [0.2, 0.25) is 19.8 Å². The van der Waals surface area contributed by atoms with Crippen molar-refractivity contribution in [1.29, 1.82) is 0 Å². The van der Waals surface area contributed by atoms with E-state index in [1.54, 1.807) is 49.6 Å². The average molecular weight is 521 g/mol. The lowest BCUT2D eigenvalue weighted by Crippen LogP contribution is -2.66. The van der Waals surface area contributed by atoms with Crippen LogP contribution in [-0.4, -0.2) is 78.1 Å². The minimum atomic E-state index is -3.78. The van der Waals surface area contributed by atoms with Crippen LogP contribution in [0.3, 0.4) is 0 Å². The summed E-state index contributed by atoms with van der Waals surface area (Å²) in [6.07, 6.45) is 0.107. The highest BCUT2D eigenvalue weighted by atomic mass is 35.5. The van der Waals surface area contributed by atoms with Gasteiger partial charge in [0.05, 0.1) is 5.44 Å². The molecule has 2 aliphatic rings. The zero-order valence-electron chi connectivity index (χ0n) is 21.2. The third kappa shape index (κ3) is 4.29. The number of hydrogen-bond donors (Lipinski definition) is 1. The topological polar surface area (TPSA) is 86.8 Å². The van der Waals surface area contributed by atoms with E-state index in [2.05, 4.69) is 5.32 Å². The molecule has 1 N–H and O–H groups in total. The number of hydrogen-bond acceptors (Lipinski definition) is 4. The first-order chi connectivity index (χ1) is 17.1. The number of halogens is 3. The lowest BCUT2D eigenvalue weighted by molar-refractivity contribution is -0.155. The normalized spacial score (nSPS) is 22.0. The first-order valence-corrected chi connectivity index (χ1v) is 12.2. The summed E-state index contributed by atoms with van der Waals surface area (Å²) in [6, 6.07) is 9.76. The van der Waals surface area contributed by atoms with E-state index < -0.39 is 39.9 Å². The number of amides is 4. The summed E-state index contributed by atoms with van der Waals surface area (Å²) in [4.78, 5) is 53.3. The van der Waals surface area contributed by atoms with Crippen molar-refractivity contribution in [3.8, 4) is 0 Å². The van der Waals surface area contributed by atoms with Crippen molar-refractivity contribution < 1.29 is 28.0 Å². The Morgan fingerprint density at radius 1 is 1.11 bits per heavy atom. The van der Waals surface area contributed by atoms with Gasteiger partial charge in [-0.15, -0.1) is 0 Å². The van der Waals surface area contributed by atoms with Gasteiger partial charge in [0.25, 0.3) is 11.8 Å². The molecule has 2 aromatic rings. The van der Waals surface area contributed by atoms with Gasteiger partial charge in [-0.25, -0.2) is 0 Å². The number of nitrogens with one attached hydrogen (secondary N) is 1. The maximum atomic E-state index is 15.1. The molecule has 4 rings (SSSR count). The van der Waals surface area contributed by atoms with Crippen LogP contribution < -0.4 is 5.32 Å². The second-order valence-electron chi connectivity index (χ2n) is 10.4. The molecule has 1 fully saturated rings. The number of nitrogens with zero attached hydrogens (tertiary/aromatic N) is 2. The van der Waals surface area contributed by atoms with Crippen LogP contribution in [-0.2, 0) is 32.2 Å². The number of alkyl halides is 2. The van der Waals surface area contributed by atoms with Crippen LogP contribution in [0, 0.1) is 0 Å². The van der Waals surface area contributed by atoms with E-state index in [0.717, 1.165) is 16.9 Å². The molecule has 15 heteroatoms. The Kier molecular flexibility index (Phi) is 6.63. The molecule has 0 spiro atoms. The molecular weight excluding hydrogens is 498 g/mol. The van der Waals surface area contributed by atoms with Gasteiger partial charge in [-0.1, -0.05) is 35.9 Å². The van der Waals surface area contributed by atoms with Crippen molar-refractivity contribution in [2.75, 3.05) is 0 Å². The Bertz CT molecular complexity index is 1330. The van der Waals surface area contributed by atoms with Gasteiger partial charge >= 0.3 is 5.92 Å². The smallest absolute Gasteiger partial charge is 0.348 e. The summed E-state index contributed by atoms with van der Waals surface area (Å²) in [5.74, 6) is -6.84. The number of rotatable bonds is 5. The zero-order chi connectivity index (χ0) is 27.5. The fourth-order valence-electron chi connectivity index (χ4n) is 4.91. The molecule has 4 amide bonds. The minimum absolute atomic E-state index is 0.107. The predicted molar refractivity (Wildman–Crippen MR) is 147 cm³/mol. The number of piperidine rings is 1. The van der Waals surface area contributed by atoms with Crippen molar-refractivity contribution in [3.05, 3.63) is 69.7 Å². The fourth-order valence-corrected chi connectivity index (χ4v) is 5.04. The van der Waals surface area contributed by atoms with Crippen molar-refractivity contribution in [1.82, 2.24) is 15.0 Å². The quantitative estimate of drug-likeness (QED) is 0.353. The SMILES string of the molecule is BC1CC(=O)NC(=O)[C@@]1(B)N1Cc2cc(C(B)(B)N(B)C(=O)C(F)(F)c3ccc(Cl)cc3)ccc2C1=O. The number of benzene rings is 2. The van der Waals surface area contributed by atoms with Crippen molar-refractivity contribution in [3.63, 3.8) is 0 Å². The van der Waals surface area contributed by atoms with E-state index in [1.165, 1.54) is 25.0 Å². The van der Waals surface area contributed by atoms with E-state index in [0.29, 0.717) is 16.7 Å². The van der Waals surface area contributed by atoms with E-state index >= 15 is 8.78 Å². The Labute approximate surface area is 222 Å². The van der Waals surface area contributed by atoms with Crippen LogP contribution in [0.15, 0.2) is 42.5 Å². The van der Waals surface area contributed by atoms with Gasteiger partial charge in [0, 0.05) is 29.1 Å². The standard InChI is InChI=1S/C22H23B5ClF2N3O4/c23-15-8-16(34)31-18(36)20(15,24)32-9-10-7-12(3-6-14(10)17(32)35)22(25,26)33(27)19(37)21(29,30)11-1-4-13(28)5-2-11/h1-7,15H,8-9,23-27H2,(H,31,34,36)/t15?,20-/m0/s1. The van der Waals surface area contributed by atoms with E-state index in [9.17, 15) is 19.2 Å². The molecule has 186 valence electrons. The molecule has 1 saturated heterocycles. The van der Waals surface area contributed by atoms with E-state index in [-0.39, 0.29) is 29.8 Å². The Morgan fingerprint density at radius 3 is 2.30 bits per heavy atom. The summed E-state index contributed by atoms with van der Waals surface area (Å²) in [5.41, 5.74) is -0.152. The Morgan fingerprint density at radius 2 is 1.70 bits per heavy atom. The molecule has 0 bridgehead atoms. The second kappa shape index (κ2) is 9.08. The van der Waals surface area contributed by atoms with Crippen LogP contribution >= 0.6 is 11.6 Å². The lowest BCUT2D eigenvalue weighted by Gasteiger charge is -2.44. The number of imide groups is 1. The van der Waals surface area contributed by atoms with Crippen molar-refractivity contribution in [2.45, 2.75) is 35.5 Å². The monoisotopic (exact) mass is 521 g/mol. The average Bonchev–Trinajstić information content (AvgIpc) is 3.17. The third-order valence-electron chi connectivity index (χ3n) is 7.96. The Balaban J connectivity index is 1.62. The van der Waals surface area contributed by atoms with Crippen LogP contribution in [0.1, 0.15) is 33.5 Å². The van der Waals surface area contributed by atoms with Gasteiger partial charge in [0.1, 0.15) is 31.4 Å². The highest BCUT2D eigenvalue weighted by Gasteiger charge is 2.52. The summed E-state index contributed by atoms with van der Waals surface area (Å²) in [5, 5.41) is 1.44. The van der Waals surface area contributed by atoms with E-state index in [1.807, 2.05) is 0 Å². The van der Waals surface area contributed by atoms with Gasteiger partial charge in [-0.05, 0) is 40.5 Å². The highest BCUT2D eigenvalue weighted by molar-refractivity contribution is 6.43. The van der Waals surface area contributed by atoms with Crippen LogP contribution in [0.2, 0.25) is 10.8 Å². The van der Waals surface area contributed by atoms with Gasteiger partial charge < -0.3 is 9.71 Å². The van der Waals surface area contributed by atoms with Crippen molar-refractivity contribution >= 4 is 74.6 Å². The van der Waals surface area contributed by atoms with E-state index in [4.69, 9.17) is 11.6 Å². The highest BCUT2D eigenvalue weighted by Crippen LogP contribution is 2.39. The molecule has 0 saturated carbocycles. The first-order valence-electron chi connectivity index (χ1n) is 11.8. The second-order valence-corrected chi connectivity index (χ2v) is 10.8. The largest absolute Gasteiger partial charge is 0.393 e. The van der Waals surface area contributed by atoms with Crippen LogP contribution in [0.25, 0.3) is 0 Å². The molecule has 0 aliphatic carbocycles. The molecule has 0 aromatic heterocycles. The molecule has 37 heavy (non-hydrogen) atoms. The molecule has 0 radical (unpaired) electrons.